The molecule has 21 heavy (non-hydrogen) atoms. The molecule has 118 valence electrons. The van der Waals surface area contributed by atoms with E-state index in [1.165, 1.54) is 0 Å². The van der Waals surface area contributed by atoms with Crippen LogP contribution in [0.2, 0.25) is 0 Å². The Morgan fingerprint density at radius 2 is 1.57 bits per heavy atom. The average Bonchev–Trinajstić information content (AvgIpc) is 2.45. The van der Waals surface area contributed by atoms with Gasteiger partial charge in [-0.2, -0.15) is 0 Å². The zero-order chi connectivity index (χ0) is 16.0. The maximum Gasteiger partial charge on any atom is 0.186 e. The molecule has 3 nitrogen and oxygen atoms in total. The minimum atomic E-state index is -1.64. The summed E-state index contributed by atoms with van der Waals surface area (Å²) < 4.78 is 63.2. The molecule has 0 saturated heterocycles. The third-order valence-corrected chi connectivity index (χ3v) is 3.43. The van der Waals surface area contributed by atoms with Crippen molar-refractivity contribution < 1.29 is 25.9 Å². The van der Waals surface area contributed by atoms with E-state index in [9.17, 15) is 17.6 Å². The fraction of sp³-hybridized carbons (Fsp3) is 0.333. The largest absolute Gasteiger partial charge is 0.394 e. The highest BCUT2D eigenvalue weighted by atomic mass is 32.2. The molecule has 0 atom stereocenters. The van der Waals surface area contributed by atoms with Crippen LogP contribution in [0.1, 0.15) is 13.3 Å². The van der Waals surface area contributed by atoms with Crippen LogP contribution in [0.5, 0.6) is 0 Å². The Labute approximate surface area is 128 Å². The second-order valence-corrected chi connectivity index (χ2v) is 5.77. The zero-order valence-electron chi connectivity index (χ0n) is 11.1. The molecule has 0 amide bonds. The number of rotatable bonds is 8. The second-order valence-electron chi connectivity index (χ2n) is 3.86. The summed E-state index contributed by atoms with van der Waals surface area (Å²) in [5.74, 6) is -6.43. The van der Waals surface area contributed by atoms with Crippen molar-refractivity contribution in [2.75, 3.05) is 18.9 Å². The van der Waals surface area contributed by atoms with E-state index in [1.54, 1.807) is 6.92 Å². The number of nitrogens with two attached hydrogens (primary N) is 1. The number of anilines is 1. The summed E-state index contributed by atoms with van der Waals surface area (Å²) in [5, 5.41) is 0. The van der Waals surface area contributed by atoms with Crippen molar-refractivity contribution >= 4 is 29.8 Å². The van der Waals surface area contributed by atoms with E-state index in [1.807, 2.05) is 0 Å². The zero-order valence-corrected chi connectivity index (χ0v) is 12.7. The van der Waals surface area contributed by atoms with Crippen LogP contribution in [-0.2, 0) is 8.37 Å². The Morgan fingerprint density at radius 1 is 1.05 bits per heavy atom. The molecule has 0 aliphatic heterocycles. The lowest BCUT2D eigenvalue weighted by Gasteiger charge is -2.08. The normalized spacial score (nSPS) is 10.9. The first-order valence-electron chi connectivity index (χ1n) is 5.72. The first kappa shape index (κ1) is 18.1. The van der Waals surface area contributed by atoms with Gasteiger partial charge in [-0.25, -0.2) is 17.6 Å². The standard InChI is InChI=1S/C12H13F4NO2S2/c1-6(2)20-18-4-3-5-19-21-12-9(15)7(13)11(17)8(14)10(12)16/h1,3-5,17H2,2H3. The average molecular weight is 343 g/mol. The SMILES string of the molecule is C=C(C)SOCCCOSc1c(F)c(F)c(N)c(F)c1F. The third-order valence-electron chi connectivity index (χ3n) is 2.06. The number of hydrogen-bond acceptors (Lipinski definition) is 5. The summed E-state index contributed by atoms with van der Waals surface area (Å²) in [6.07, 6.45) is 0.427. The lowest BCUT2D eigenvalue weighted by Crippen LogP contribution is -2.05. The highest BCUT2D eigenvalue weighted by Gasteiger charge is 2.24. The van der Waals surface area contributed by atoms with Gasteiger partial charge in [-0.05, 0) is 13.3 Å². The van der Waals surface area contributed by atoms with Gasteiger partial charge in [0.2, 0.25) is 0 Å². The highest BCUT2D eigenvalue weighted by Crippen LogP contribution is 2.33. The van der Waals surface area contributed by atoms with E-state index in [4.69, 9.17) is 14.1 Å². The molecule has 1 aromatic rings. The molecule has 0 aliphatic carbocycles. The van der Waals surface area contributed by atoms with Crippen molar-refractivity contribution in [1.82, 2.24) is 0 Å². The number of hydrogen-bond donors (Lipinski definition) is 1. The number of halogens is 4. The van der Waals surface area contributed by atoms with E-state index in [0.717, 1.165) is 16.9 Å². The van der Waals surface area contributed by atoms with Crippen LogP contribution in [0, 0.1) is 23.3 Å². The molecule has 9 heteroatoms. The first-order chi connectivity index (χ1) is 9.86. The summed E-state index contributed by atoms with van der Waals surface area (Å²) in [6, 6.07) is 0. The van der Waals surface area contributed by atoms with E-state index < -0.39 is 33.9 Å². The van der Waals surface area contributed by atoms with Gasteiger partial charge in [0.25, 0.3) is 0 Å². The van der Waals surface area contributed by atoms with Gasteiger partial charge in [-0.15, -0.1) is 0 Å². The topological polar surface area (TPSA) is 44.5 Å². The van der Waals surface area contributed by atoms with Crippen LogP contribution in [0.3, 0.4) is 0 Å². The summed E-state index contributed by atoms with van der Waals surface area (Å²) in [5.41, 5.74) is 3.69. The lowest BCUT2D eigenvalue weighted by molar-refractivity contribution is 0.294. The predicted octanol–water partition coefficient (Wildman–Crippen LogP) is 4.44. The summed E-state index contributed by atoms with van der Waals surface area (Å²) >= 11 is 1.32. The lowest BCUT2D eigenvalue weighted by atomic mass is 10.2. The Balaban J connectivity index is 2.48. The minimum Gasteiger partial charge on any atom is -0.394 e. The maximum atomic E-state index is 13.4. The van der Waals surface area contributed by atoms with Gasteiger partial charge in [0.15, 0.2) is 23.3 Å². The third kappa shape index (κ3) is 5.10. The quantitative estimate of drug-likeness (QED) is 0.249. The first-order valence-corrected chi connectivity index (χ1v) is 7.20. The van der Waals surface area contributed by atoms with Crippen LogP contribution in [-0.4, -0.2) is 13.2 Å². The molecular weight excluding hydrogens is 330 g/mol. The maximum absolute atomic E-state index is 13.4. The van der Waals surface area contributed by atoms with Gasteiger partial charge in [0, 0.05) is 29.0 Å². The van der Waals surface area contributed by atoms with E-state index in [0.29, 0.717) is 13.0 Å². The van der Waals surface area contributed by atoms with Crippen molar-refractivity contribution in [1.29, 1.82) is 0 Å². The predicted molar refractivity (Wildman–Crippen MR) is 75.5 cm³/mol. The molecule has 0 fully saturated rings. The molecule has 0 aliphatic rings. The van der Waals surface area contributed by atoms with E-state index in [-0.39, 0.29) is 18.6 Å². The van der Waals surface area contributed by atoms with Crippen LogP contribution < -0.4 is 5.73 Å². The van der Waals surface area contributed by atoms with Gasteiger partial charge >= 0.3 is 0 Å². The van der Waals surface area contributed by atoms with Crippen LogP contribution in [0.4, 0.5) is 23.2 Å². The van der Waals surface area contributed by atoms with Gasteiger partial charge < -0.3 is 14.1 Å². The second kappa shape index (κ2) is 8.52. The van der Waals surface area contributed by atoms with Crippen molar-refractivity contribution in [2.24, 2.45) is 0 Å². The number of benzene rings is 1. The molecule has 0 radical (unpaired) electrons. The van der Waals surface area contributed by atoms with Crippen LogP contribution >= 0.6 is 24.1 Å². The smallest absolute Gasteiger partial charge is 0.186 e. The Kier molecular flexibility index (Phi) is 7.36. The molecule has 0 heterocycles. The molecule has 0 spiro atoms. The Morgan fingerprint density at radius 3 is 2.10 bits per heavy atom. The van der Waals surface area contributed by atoms with E-state index >= 15 is 0 Å². The molecule has 0 unspecified atom stereocenters. The van der Waals surface area contributed by atoms with Gasteiger partial charge in [-0.3, -0.25) is 0 Å². The van der Waals surface area contributed by atoms with Gasteiger partial charge in [0.1, 0.15) is 10.6 Å². The van der Waals surface area contributed by atoms with Gasteiger partial charge in [0.05, 0.1) is 13.2 Å². The van der Waals surface area contributed by atoms with E-state index in [2.05, 4.69) is 6.58 Å². The monoisotopic (exact) mass is 343 g/mol. The van der Waals surface area contributed by atoms with Crippen molar-refractivity contribution in [2.45, 2.75) is 18.2 Å². The highest BCUT2D eigenvalue weighted by molar-refractivity contribution is 7.98. The summed E-state index contributed by atoms with van der Waals surface area (Å²) in [7, 11) is 0. The Hall–Kier alpha value is -0.900. The molecule has 1 aromatic carbocycles. The van der Waals surface area contributed by atoms with Crippen molar-refractivity contribution in [3.8, 4) is 0 Å². The summed E-state index contributed by atoms with van der Waals surface area (Å²) in [4.78, 5) is -0.126. The van der Waals surface area contributed by atoms with Crippen LogP contribution in [0.25, 0.3) is 0 Å². The minimum absolute atomic E-state index is 0.0773. The van der Waals surface area contributed by atoms with Crippen LogP contribution in [0.15, 0.2) is 16.4 Å². The summed E-state index contributed by atoms with van der Waals surface area (Å²) in [6.45, 7) is 5.78. The molecule has 0 saturated carbocycles. The fourth-order valence-corrected chi connectivity index (χ4v) is 2.17. The fourth-order valence-electron chi connectivity index (χ4n) is 1.12. The van der Waals surface area contributed by atoms with Crippen molar-refractivity contribution in [3.05, 3.63) is 34.8 Å². The molecular formula is C12H13F4NO2S2. The Bertz CT molecular complexity index is 499. The molecule has 2 N–H and O–H groups in total. The number of allylic oxidation sites excluding steroid dienone is 1. The molecule has 1 rings (SSSR count). The number of nitrogen functional groups attached to an aromatic ring is 1. The molecule has 0 bridgehead atoms. The molecule has 0 aromatic heterocycles. The van der Waals surface area contributed by atoms with Gasteiger partial charge in [-0.1, -0.05) is 6.58 Å². The van der Waals surface area contributed by atoms with Crippen molar-refractivity contribution in [3.63, 3.8) is 0 Å².